The van der Waals surface area contributed by atoms with Gasteiger partial charge in [-0.15, -0.1) is 0 Å². The molecule has 1 aromatic rings. The molecule has 0 aliphatic carbocycles. The molecular weight excluding hydrogens is 324 g/mol. The summed E-state index contributed by atoms with van der Waals surface area (Å²) in [5.74, 6) is -1.54. The summed E-state index contributed by atoms with van der Waals surface area (Å²) in [5, 5.41) is 0. The predicted molar refractivity (Wildman–Crippen MR) is 93.5 cm³/mol. The Hall–Kier alpha value is -1.53. The van der Waals surface area contributed by atoms with Crippen LogP contribution in [-0.2, 0) is 0 Å². The molecule has 0 bridgehead atoms. The minimum absolute atomic E-state index is 0.423. The third-order valence-electron chi connectivity index (χ3n) is 5.54. The number of nitrogens with zero attached hydrogens (tertiary/aromatic N) is 3. The predicted octanol–water partition coefficient (Wildman–Crippen LogP) is 2.45. The van der Waals surface area contributed by atoms with Crippen LogP contribution >= 0.6 is 0 Å². The number of hydrogen-bond acceptors (Lipinski definition) is 3. The molecule has 2 fully saturated rings. The second-order valence-corrected chi connectivity index (χ2v) is 7.44. The molecule has 2 aliphatic rings. The van der Waals surface area contributed by atoms with E-state index in [2.05, 4.69) is 23.8 Å². The van der Waals surface area contributed by atoms with Gasteiger partial charge < -0.3 is 9.80 Å². The number of likely N-dealkylation sites (N-methyl/N-ethyl adjacent to an activating group) is 1. The lowest BCUT2D eigenvalue weighted by Gasteiger charge is -2.41. The van der Waals surface area contributed by atoms with Crippen molar-refractivity contribution >= 4 is 5.91 Å². The fourth-order valence-corrected chi connectivity index (χ4v) is 3.96. The minimum atomic E-state index is -0.779. The summed E-state index contributed by atoms with van der Waals surface area (Å²) in [5.41, 5.74) is -0.423. The van der Waals surface area contributed by atoms with Crippen LogP contribution in [0.25, 0.3) is 0 Å². The SMILES string of the molecule is C[C@@H]1CN(C)CCN1CC1CCN(C(=O)c2c(F)cccc2F)CC1. The van der Waals surface area contributed by atoms with Gasteiger partial charge in [-0.2, -0.15) is 0 Å². The standard InChI is InChI=1S/C19H27F2N3O/c1-14-12-22(2)10-11-24(14)13-15-6-8-23(9-7-15)19(25)18-16(20)4-3-5-17(18)21/h3-5,14-15H,6-13H2,1-2H3/t14-/m1/s1. The average molecular weight is 351 g/mol. The highest BCUT2D eigenvalue weighted by Gasteiger charge is 2.30. The lowest BCUT2D eigenvalue weighted by atomic mass is 9.94. The largest absolute Gasteiger partial charge is 0.338 e. The third-order valence-corrected chi connectivity index (χ3v) is 5.54. The molecule has 2 saturated heterocycles. The lowest BCUT2D eigenvalue weighted by Crippen LogP contribution is -2.52. The molecule has 2 heterocycles. The second-order valence-electron chi connectivity index (χ2n) is 7.44. The number of benzene rings is 1. The zero-order chi connectivity index (χ0) is 18.0. The smallest absolute Gasteiger partial charge is 0.259 e. The molecular formula is C19H27F2N3O. The zero-order valence-electron chi connectivity index (χ0n) is 15.0. The van der Waals surface area contributed by atoms with Crippen LogP contribution in [-0.4, -0.2) is 73.0 Å². The van der Waals surface area contributed by atoms with Crippen LogP contribution in [0.15, 0.2) is 18.2 Å². The lowest BCUT2D eigenvalue weighted by molar-refractivity contribution is 0.0550. The summed E-state index contributed by atoms with van der Waals surface area (Å²) in [4.78, 5) is 18.9. The maximum atomic E-state index is 13.8. The van der Waals surface area contributed by atoms with Crippen molar-refractivity contribution < 1.29 is 13.6 Å². The van der Waals surface area contributed by atoms with Crippen molar-refractivity contribution in [1.29, 1.82) is 0 Å². The Morgan fingerprint density at radius 1 is 1.12 bits per heavy atom. The maximum Gasteiger partial charge on any atom is 0.259 e. The molecule has 3 rings (SSSR count). The van der Waals surface area contributed by atoms with Gasteiger partial charge >= 0.3 is 0 Å². The van der Waals surface area contributed by atoms with E-state index >= 15 is 0 Å². The first kappa shape index (κ1) is 18.3. The highest BCUT2D eigenvalue weighted by atomic mass is 19.1. The molecule has 0 N–H and O–H groups in total. The minimum Gasteiger partial charge on any atom is -0.338 e. The molecule has 1 aromatic carbocycles. The summed E-state index contributed by atoms with van der Waals surface area (Å²) in [6, 6.07) is 4.10. The van der Waals surface area contributed by atoms with Gasteiger partial charge in [-0.05, 0) is 44.9 Å². The normalized spacial score (nSPS) is 23.8. The Bertz CT molecular complexity index is 596. The summed E-state index contributed by atoms with van der Waals surface area (Å²) in [6.07, 6.45) is 1.78. The van der Waals surface area contributed by atoms with E-state index in [0.717, 1.165) is 51.2 Å². The summed E-state index contributed by atoms with van der Waals surface area (Å²) in [6.45, 7) is 7.70. The number of likely N-dealkylation sites (tertiary alicyclic amines) is 1. The topological polar surface area (TPSA) is 26.8 Å². The van der Waals surface area contributed by atoms with Gasteiger partial charge in [-0.1, -0.05) is 6.07 Å². The molecule has 0 radical (unpaired) electrons. The van der Waals surface area contributed by atoms with Crippen molar-refractivity contribution in [2.75, 3.05) is 46.3 Å². The van der Waals surface area contributed by atoms with Crippen LogP contribution in [0.1, 0.15) is 30.1 Å². The van der Waals surface area contributed by atoms with E-state index in [9.17, 15) is 13.6 Å². The van der Waals surface area contributed by atoms with Crippen LogP contribution in [0.4, 0.5) is 8.78 Å². The molecule has 1 amide bonds. The fourth-order valence-electron chi connectivity index (χ4n) is 3.96. The summed E-state index contributed by atoms with van der Waals surface area (Å²) < 4.78 is 27.6. The number of piperidine rings is 1. The van der Waals surface area contributed by atoms with E-state index in [1.165, 1.54) is 6.07 Å². The Morgan fingerprint density at radius 2 is 1.76 bits per heavy atom. The van der Waals surface area contributed by atoms with Gasteiger partial charge in [-0.3, -0.25) is 9.69 Å². The number of piperazine rings is 1. The molecule has 138 valence electrons. The molecule has 0 spiro atoms. The van der Waals surface area contributed by atoms with E-state index in [-0.39, 0.29) is 0 Å². The Morgan fingerprint density at radius 3 is 2.36 bits per heavy atom. The van der Waals surface area contributed by atoms with Crippen molar-refractivity contribution in [3.05, 3.63) is 35.4 Å². The van der Waals surface area contributed by atoms with Crippen LogP contribution < -0.4 is 0 Å². The maximum absolute atomic E-state index is 13.8. The quantitative estimate of drug-likeness (QED) is 0.837. The number of carbonyl (C=O) groups is 1. The average Bonchev–Trinajstić information content (AvgIpc) is 2.58. The molecule has 6 heteroatoms. The molecule has 1 atom stereocenters. The van der Waals surface area contributed by atoms with E-state index in [1.54, 1.807) is 4.90 Å². The van der Waals surface area contributed by atoms with Gasteiger partial charge in [0.1, 0.15) is 17.2 Å². The van der Waals surface area contributed by atoms with Crippen LogP contribution in [0.5, 0.6) is 0 Å². The van der Waals surface area contributed by atoms with Gasteiger partial charge in [0.05, 0.1) is 0 Å². The van der Waals surface area contributed by atoms with Gasteiger partial charge in [0.25, 0.3) is 5.91 Å². The van der Waals surface area contributed by atoms with Gasteiger partial charge in [0, 0.05) is 45.3 Å². The van der Waals surface area contributed by atoms with Crippen LogP contribution in [0.2, 0.25) is 0 Å². The molecule has 25 heavy (non-hydrogen) atoms. The number of rotatable bonds is 3. The molecule has 0 unspecified atom stereocenters. The van der Waals surface area contributed by atoms with Crippen molar-refractivity contribution in [3.8, 4) is 0 Å². The Labute approximate surface area is 148 Å². The second kappa shape index (κ2) is 7.79. The number of amides is 1. The Kier molecular flexibility index (Phi) is 5.69. The molecule has 4 nitrogen and oxygen atoms in total. The number of halogens is 2. The molecule has 2 aliphatic heterocycles. The van der Waals surface area contributed by atoms with E-state index in [1.807, 2.05) is 0 Å². The first-order chi connectivity index (χ1) is 12.0. The van der Waals surface area contributed by atoms with E-state index in [0.29, 0.717) is 25.0 Å². The van der Waals surface area contributed by atoms with Crippen molar-refractivity contribution in [2.45, 2.75) is 25.8 Å². The van der Waals surface area contributed by atoms with Crippen molar-refractivity contribution in [1.82, 2.24) is 14.7 Å². The fraction of sp³-hybridized carbons (Fsp3) is 0.632. The number of carbonyl (C=O) groups excluding carboxylic acids is 1. The monoisotopic (exact) mass is 351 g/mol. The van der Waals surface area contributed by atoms with Gasteiger partial charge in [0.2, 0.25) is 0 Å². The van der Waals surface area contributed by atoms with Gasteiger partial charge in [0.15, 0.2) is 0 Å². The molecule has 0 saturated carbocycles. The van der Waals surface area contributed by atoms with Crippen LogP contribution in [0.3, 0.4) is 0 Å². The van der Waals surface area contributed by atoms with Crippen LogP contribution in [0, 0.1) is 17.6 Å². The number of hydrogen-bond donors (Lipinski definition) is 0. The Balaban J connectivity index is 1.54. The summed E-state index contributed by atoms with van der Waals surface area (Å²) in [7, 11) is 2.15. The van der Waals surface area contributed by atoms with Crippen molar-refractivity contribution in [3.63, 3.8) is 0 Å². The highest BCUT2D eigenvalue weighted by molar-refractivity contribution is 5.94. The third kappa shape index (κ3) is 4.18. The van der Waals surface area contributed by atoms with E-state index in [4.69, 9.17) is 0 Å². The first-order valence-electron chi connectivity index (χ1n) is 9.11. The van der Waals surface area contributed by atoms with Gasteiger partial charge in [-0.25, -0.2) is 8.78 Å². The highest BCUT2D eigenvalue weighted by Crippen LogP contribution is 2.23. The van der Waals surface area contributed by atoms with E-state index < -0.39 is 23.1 Å². The first-order valence-corrected chi connectivity index (χ1v) is 9.11. The molecule has 0 aromatic heterocycles. The van der Waals surface area contributed by atoms with Crippen molar-refractivity contribution in [2.24, 2.45) is 5.92 Å². The summed E-state index contributed by atoms with van der Waals surface area (Å²) >= 11 is 0. The zero-order valence-corrected chi connectivity index (χ0v) is 15.0.